The zero-order valence-corrected chi connectivity index (χ0v) is 14.2. The summed E-state index contributed by atoms with van der Waals surface area (Å²) in [6.07, 6.45) is 0. The first kappa shape index (κ1) is 16.5. The Morgan fingerprint density at radius 2 is 1.95 bits per heavy atom. The molecule has 2 aromatic rings. The molecular formula is C13H8BrCl2FO3S. The van der Waals surface area contributed by atoms with E-state index < -0.39 is 14.9 Å². The van der Waals surface area contributed by atoms with Crippen LogP contribution in [0.5, 0.6) is 5.75 Å². The fourth-order valence-corrected chi connectivity index (χ4v) is 3.17. The van der Waals surface area contributed by atoms with E-state index in [9.17, 15) is 12.8 Å². The number of hydrogen-bond acceptors (Lipinski definition) is 3. The van der Waals surface area contributed by atoms with E-state index in [0.717, 1.165) is 0 Å². The van der Waals surface area contributed by atoms with Gasteiger partial charge in [0.15, 0.2) is 0 Å². The van der Waals surface area contributed by atoms with Crippen LogP contribution in [-0.4, -0.2) is 8.42 Å². The third kappa shape index (κ3) is 4.10. The van der Waals surface area contributed by atoms with Gasteiger partial charge in [-0.3, -0.25) is 0 Å². The van der Waals surface area contributed by atoms with Crippen molar-refractivity contribution in [1.82, 2.24) is 0 Å². The molecule has 0 aliphatic heterocycles. The lowest BCUT2D eigenvalue weighted by Gasteiger charge is -2.10. The molecule has 0 radical (unpaired) electrons. The van der Waals surface area contributed by atoms with Crippen LogP contribution in [0.4, 0.5) is 4.39 Å². The maximum Gasteiger partial charge on any atom is 0.261 e. The van der Waals surface area contributed by atoms with Crippen LogP contribution in [0, 0.1) is 5.82 Å². The summed E-state index contributed by atoms with van der Waals surface area (Å²) in [6.45, 7) is 0.0438. The van der Waals surface area contributed by atoms with Crippen molar-refractivity contribution >= 4 is 47.3 Å². The smallest absolute Gasteiger partial charge is 0.261 e. The Morgan fingerprint density at radius 1 is 1.24 bits per heavy atom. The first-order valence-corrected chi connectivity index (χ1v) is 9.07. The second kappa shape index (κ2) is 6.52. The van der Waals surface area contributed by atoms with Gasteiger partial charge in [0.05, 0.1) is 14.4 Å². The fraction of sp³-hybridized carbons (Fsp3) is 0.0769. The SMILES string of the molecule is O=S(=O)(Cl)c1ccc(OCc2cccc(F)c2Cl)c(Br)c1. The molecule has 0 saturated heterocycles. The van der Waals surface area contributed by atoms with Crippen LogP contribution in [0.2, 0.25) is 5.02 Å². The van der Waals surface area contributed by atoms with E-state index in [1.54, 1.807) is 6.07 Å². The Morgan fingerprint density at radius 3 is 2.57 bits per heavy atom. The van der Waals surface area contributed by atoms with E-state index in [1.165, 1.54) is 30.3 Å². The molecule has 112 valence electrons. The average molecular weight is 414 g/mol. The predicted octanol–water partition coefficient (Wildman–Crippen LogP) is 4.75. The highest BCUT2D eigenvalue weighted by molar-refractivity contribution is 9.10. The van der Waals surface area contributed by atoms with Crippen molar-refractivity contribution in [3.05, 3.63) is 57.3 Å². The molecule has 2 rings (SSSR count). The summed E-state index contributed by atoms with van der Waals surface area (Å²) in [6, 6.07) is 8.50. The van der Waals surface area contributed by atoms with Crippen molar-refractivity contribution in [3.63, 3.8) is 0 Å². The molecule has 0 aromatic heterocycles. The minimum Gasteiger partial charge on any atom is -0.488 e. The van der Waals surface area contributed by atoms with Gasteiger partial charge in [-0.15, -0.1) is 0 Å². The minimum atomic E-state index is -3.81. The summed E-state index contributed by atoms with van der Waals surface area (Å²) in [5.41, 5.74) is 0.484. The molecule has 0 amide bonds. The molecule has 0 atom stereocenters. The van der Waals surface area contributed by atoms with Crippen molar-refractivity contribution in [2.45, 2.75) is 11.5 Å². The molecular weight excluding hydrogens is 406 g/mol. The number of rotatable bonds is 4. The molecule has 0 fully saturated rings. The van der Waals surface area contributed by atoms with E-state index in [0.29, 0.717) is 15.8 Å². The number of hydrogen-bond donors (Lipinski definition) is 0. The van der Waals surface area contributed by atoms with Crippen LogP contribution < -0.4 is 4.74 Å². The maximum atomic E-state index is 13.3. The number of ether oxygens (including phenoxy) is 1. The molecule has 0 saturated carbocycles. The van der Waals surface area contributed by atoms with Crippen molar-refractivity contribution in [2.75, 3.05) is 0 Å². The Bertz CT molecular complexity index is 781. The third-order valence-electron chi connectivity index (χ3n) is 2.60. The number of benzene rings is 2. The van der Waals surface area contributed by atoms with Gasteiger partial charge in [0.2, 0.25) is 0 Å². The van der Waals surface area contributed by atoms with Gasteiger partial charge in [0.1, 0.15) is 18.2 Å². The van der Waals surface area contributed by atoms with Crippen LogP contribution in [0.25, 0.3) is 0 Å². The zero-order chi connectivity index (χ0) is 15.6. The van der Waals surface area contributed by atoms with Gasteiger partial charge in [0.25, 0.3) is 9.05 Å². The second-order valence-electron chi connectivity index (χ2n) is 4.03. The normalized spacial score (nSPS) is 11.4. The molecule has 21 heavy (non-hydrogen) atoms. The zero-order valence-electron chi connectivity index (χ0n) is 10.3. The lowest BCUT2D eigenvalue weighted by atomic mass is 10.2. The van der Waals surface area contributed by atoms with Crippen LogP contribution in [0.1, 0.15) is 5.56 Å². The molecule has 8 heteroatoms. The van der Waals surface area contributed by atoms with Gasteiger partial charge in [-0.2, -0.15) is 0 Å². The van der Waals surface area contributed by atoms with Gasteiger partial charge in [0, 0.05) is 16.2 Å². The highest BCUT2D eigenvalue weighted by Crippen LogP contribution is 2.30. The summed E-state index contributed by atoms with van der Waals surface area (Å²) in [4.78, 5) is -0.0489. The molecule has 0 heterocycles. The predicted molar refractivity (Wildman–Crippen MR) is 82.9 cm³/mol. The standard InChI is InChI=1S/C13H8BrCl2FO3S/c14-10-6-9(21(16,18)19)4-5-12(10)20-7-8-2-1-3-11(17)13(8)15/h1-6H,7H2. The largest absolute Gasteiger partial charge is 0.488 e. The first-order valence-electron chi connectivity index (χ1n) is 5.59. The topological polar surface area (TPSA) is 43.4 Å². The Labute approximate surface area is 139 Å². The van der Waals surface area contributed by atoms with Crippen LogP contribution in [0.15, 0.2) is 45.8 Å². The molecule has 0 spiro atoms. The van der Waals surface area contributed by atoms with E-state index >= 15 is 0 Å². The Kier molecular flexibility index (Phi) is 5.14. The van der Waals surface area contributed by atoms with E-state index in [4.69, 9.17) is 27.0 Å². The van der Waals surface area contributed by atoms with Crippen molar-refractivity contribution in [1.29, 1.82) is 0 Å². The van der Waals surface area contributed by atoms with Gasteiger partial charge in [-0.05, 0) is 40.2 Å². The average Bonchev–Trinajstić information content (AvgIpc) is 2.40. The Balaban J connectivity index is 2.19. The van der Waals surface area contributed by atoms with Gasteiger partial charge in [-0.1, -0.05) is 23.7 Å². The molecule has 0 N–H and O–H groups in total. The highest BCUT2D eigenvalue weighted by Gasteiger charge is 2.13. The van der Waals surface area contributed by atoms with E-state index in [1.807, 2.05) is 0 Å². The monoisotopic (exact) mass is 412 g/mol. The van der Waals surface area contributed by atoms with Crippen LogP contribution in [-0.2, 0) is 15.7 Å². The maximum absolute atomic E-state index is 13.3. The summed E-state index contributed by atoms with van der Waals surface area (Å²) in [5, 5.41) is -0.00595. The lowest BCUT2D eigenvalue weighted by Crippen LogP contribution is -1.99. The third-order valence-corrected chi connectivity index (χ3v) is 4.99. The highest BCUT2D eigenvalue weighted by atomic mass is 79.9. The lowest BCUT2D eigenvalue weighted by molar-refractivity contribution is 0.303. The minimum absolute atomic E-state index is 0.00595. The summed E-state index contributed by atoms with van der Waals surface area (Å²) >= 11 is 9.01. The van der Waals surface area contributed by atoms with Gasteiger partial charge < -0.3 is 4.74 Å². The fourth-order valence-electron chi connectivity index (χ4n) is 1.57. The Hall–Kier alpha value is -0.820. The molecule has 0 aliphatic carbocycles. The van der Waals surface area contributed by atoms with Gasteiger partial charge in [-0.25, -0.2) is 12.8 Å². The summed E-state index contributed by atoms with van der Waals surface area (Å²) in [5.74, 6) is -0.139. The molecule has 0 unspecified atom stereocenters. The van der Waals surface area contributed by atoms with Crippen LogP contribution >= 0.6 is 38.2 Å². The van der Waals surface area contributed by atoms with Crippen molar-refractivity contribution in [3.8, 4) is 5.75 Å². The van der Waals surface area contributed by atoms with Crippen molar-refractivity contribution in [2.24, 2.45) is 0 Å². The second-order valence-corrected chi connectivity index (χ2v) is 7.83. The number of halogens is 4. The first-order chi connectivity index (χ1) is 9.79. The quantitative estimate of drug-likeness (QED) is 0.679. The van der Waals surface area contributed by atoms with Crippen LogP contribution in [0.3, 0.4) is 0 Å². The molecule has 0 aliphatic rings. The molecule has 0 bridgehead atoms. The van der Waals surface area contributed by atoms with E-state index in [-0.39, 0.29) is 16.5 Å². The molecule has 2 aromatic carbocycles. The summed E-state index contributed by atoms with van der Waals surface area (Å²) < 4.78 is 41.6. The molecule has 3 nitrogen and oxygen atoms in total. The van der Waals surface area contributed by atoms with Gasteiger partial charge >= 0.3 is 0 Å². The van der Waals surface area contributed by atoms with Crippen molar-refractivity contribution < 1.29 is 17.5 Å². The summed E-state index contributed by atoms with van der Waals surface area (Å²) in [7, 11) is 1.44. The van der Waals surface area contributed by atoms with E-state index in [2.05, 4.69) is 15.9 Å².